The number of rotatable bonds is 6. The standard InChI is InChI=1S/C28H33NO3/c1-4-5-16-29-25(21-13-10-19(11-14-21)18(2)3)24(27(31)28(29)32)26(30)23-15-12-20-8-6-7-9-22(20)17-23/h10-15,17-18,25,30H,4-9,16H2,1-3H3/b26-24-. The van der Waals surface area contributed by atoms with Gasteiger partial charge in [-0.25, -0.2) is 0 Å². The number of likely N-dealkylation sites (tertiary alicyclic amines) is 1. The topological polar surface area (TPSA) is 57.6 Å². The fraction of sp³-hybridized carbons (Fsp3) is 0.429. The second-order valence-electron chi connectivity index (χ2n) is 9.36. The van der Waals surface area contributed by atoms with Crippen LogP contribution in [0, 0.1) is 0 Å². The fourth-order valence-corrected chi connectivity index (χ4v) is 4.89. The summed E-state index contributed by atoms with van der Waals surface area (Å²) in [4.78, 5) is 27.8. The molecule has 0 spiro atoms. The van der Waals surface area contributed by atoms with Crippen molar-refractivity contribution in [2.45, 2.75) is 71.3 Å². The lowest BCUT2D eigenvalue weighted by Gasteiger charge is -2.25. The summed E-state index contributed by atoms with van der Waals surface area (Å²) in [6, 6.07) is 13.5. The van der Waals surface area contributed by atoms with Crippen LogP contribution < -0.4 is 0 Å². The molecule has 4 rings (SSSR count). The highest BCUT2D eigenvalue weighted by atomic mass is 16.3. The van der Waals surface area contributed by atoms with Gasteiger partial charge in [0.15, 0.2) is 0 Å². The predicted molar refractivity (Wildman–Crippen MR) is 128 cm³/mol. The van der Waals surface area contributed by atoms with Gasteiger partial charge in [-0.3, -0.25) is 9.59 Å². The van der Waals surface area contributed by atoms with Gasteiger partial charge in [-0.15, -0.1) is 0 Å². The van der Waals surface area contributed by atoms with E-state index in [0.717, 1.165) is 37.7 Å². The molecular weight excluding hydrogens is 398 g/mol. The number of nitrogens with zero attached hydrogens (tertiary/aromatic N) is 1. The molecule has 0 radical (unpaired) electrons. The van der Waals surface area contributed by atoms with E-state index in [2.05, 4.69) is 39.0 Å². The van der Waals surface area contributed by atoms with Gasteiger partial charge < -0.3 is 10.0 Å². The second-order valence-corrected chi connectivity index (χ2v) is 9.36. The van der Waals surface area contributed by atoms with Crippen molar-refractivity contribution < 1.29 is 14.7 Å². The largest absolute Gasteiger partial charge is 0.507 e. The third-order valence-corrected chi connectivity index (χ3v) is 6.83. The molecule has 0 aromatic heterocycles. The van der Waals surface area contributed by atoms with Crippen molar-refractivity contribution in [1.29, 1.82) is 0 Å². The van der Waals surface area contributed by atoms with Crippen LogP contribution in [0.5, 0.6) is 0 Å². The van der Waals surface area contributed by atoms with Crippen LogP contribution in [0.1, 0.15) is 86.2 Å². The first-order valence-corrected chi connectivity index (χ1v) is 11.9. The molecule has 2 aliphatic rings. The Balaban J connectivity index is 1.81. The van der Waals surface area contributed by atoms with Crippen molar-refractivity contribution >= 4 is 17.4 Å². The molecule has 2 aromatic carbocycles. The third kappa shape index (κ3) is 4.11. The first-order chi connectivity index (χ1) is 15.4. The van der Waals surface area contributed by atoms with E-state index in [1.807, 2.05) is 24.3 Å². The number of amides is 1. The number of benzene rings is 2. The molecule has 1 aliphatic heterocycles. The van der Waals surface area contributed by atoms with Crippen LogP contribution in [0.4, 0.5) is 0 Å². The van der Waals surface area contributed by atoms with Gasteiger partial charge in [0, 0.05) is 12.1 Å². The quantitative estimate of drug-likeness (QED) is 0.351. The second kappa shape index (κ2) is 9.32. The monoisotopic (exact) mass is 431 g/mol. The maximum absolute atomic E-state index is 13.1. The van der Waals surface area contributed by atoms with Gasteiger partial charge in [0.2, 0.25) is 0 Å². The zero-order valence-electron chi connectivity index (χ0n) is 19.4. The summed E-state index contributed by atoms with van der Waals surface area (Å²) in [6.45, 7) is 6.84. The van der Waals surface area contributed by atoms with E-state index in [1.165, 1.54) is 23.1 Å². The van der Waals surface area contributed by atoms with Crippen molar-refractivity contribution in [3.05, 3.63) is 75.9 Å². The number of unbranched alkanes of at least 4 members (excludes halogenated alkanes) is 1. The highest BCUT2D eigenvalue weighted by molar-refractivity contribution is 6.46. The van der Waals surface area contributed by atoms with E-state index in [-0.39, 0.29) is 11.3 Å². The summed E-state index contributed by atoms with van der Waals surface area (Å²) in [5.74, 6) is -0.773. The molecule has 2 aromatic rings. The molecule has 32 heavy (non-hydrogen) atoms. The van der Waals surface area contributed by atoms with Crippen molar-refractivity contribution in [3.63, 3.8) is 0 Å². The van der Waals surface area contributed by atoms with E-state index in [1.54, 1.807) is 4.90 Å². The van der Waals surface area contributed by atoms with Gasteiger partial charge in [0.1, 0.15) is 5.76 Å². The Morgan fingerprint density at radius 2 is 1.72 bits per heavy atom. The number of aliphatic hydroxyl groups is 1. The zero-order chi connectivity index (χ0) is 22.8. The van der Waals surface area contributed by atoms with E-state index in [9.17, 15) is 14.7 Å². The smallest absolute Gasteiger partial charge is 0.295 e. The molecule has 1 amide bonds. The lowest BCUT2D eigenvalue weighted by Crippen LogP contribution is -2.30. The molecule has 0 saturated carbocycles. The first-order valence-electron chi connectivity index (χ1n) is 11.9. The summed E-state index contributed by atoms with van der Waals surface area (Å²) < 4.78 is 0. The summed E-state index contributed by atoms with van der Waals surface area (Å²) in [6.07, 6.45) is 6.11. The highest BCUT2D eigenvalue weighted by Gasteiger charge is 2.45. The molecule has 1 saturated heterocycles. The predicted octanol–water partition coefficient (Wildman–Crippen LogP) is 5.91. The van der Waals surface area contributed by atoms with Crippen molar-refractivity contribution in [2.75, 3.05) is 6.54 Å². The molecule has 1 aliphatic carbocycles. The maximum atomic E-state index is 13.1. The number of aliphatic hydroxyl groups excluding tert-OH is 1. The van der Waals surface area contributed by atoms with Crippen molar-refractivity contribution in [3.8, 4) is 0 Å². The first kappa shape index (κ1) is 22.3. The Morgan fingerprint density at radius 1 is 1.03 bits per heavy atom. The SMILES string of the molecule is CCCCN1C(=O)C(=O)/C(=C(\O)c2ccc3c(c2)CCCC3)C1c1ccc(C(C)C)cc1. The number of aryl methyl sites for hydroxylation is 2. The van der Waals surface area contributed by atoms with Crippen molar-refractivity contribution in [1.82, 2.24) is 4.90 Å². The van der Waals surface area contributed by atoms with Crippen LogP contribution >= 0.6 is 0 Å². The van der Waals surface area contributed by atoms with Crippen LogP contribution in [0.25, 0.3) is 5.76 Å². The molecule has 1 N–H and O–H groups in total. The summed E-state index contributed by atoms with van der Waals surface area (Å²) in [5.41, 5.74) is 5.45. The van der Waals surface area contributed by atoms with Crippen LogP contribution in [0.2, 0.25) is 0 Å². The average molecular weight is 432 g/mol. The third-order valence-electron chi connectivity index (χ3n) is 6.83. The molecule has 1 fully saturated rings. The summed E-state index contributed by atoms with van der Waals surface area (Å²) in [5, 5.41) is 11.3. The average Bonchev–Trinajstić information content (AvgIpc) is 3.06. The Kier molecular flexibility index (Phi) is 6.50. The van der Waals surface area contributed by atoms with Gasteiger partial charge >= 0.3 is 0 Å². The number of fused-ring (bicyclic) bond motifs is 1. The Labute approximate surface area is 191 Å². The van der Waals surface area contributed by atoms with Gasteiger partial charge in [0.25, 0.3) is 11.7 Å². The minimum atomic E-state index is -0.589. The van der Waals surface area contributed by atoms with Gasteiger partial charge in [-0.1, -0.05) is 63.6 Å². The number of carbonyl (C=O) groups is 2. The zero-order valence-corrected chi connectivity index (χ0v) is 19.4. The molecular formula is C28H33NO3. The molecule has 1 atom stereocenters. The number of carbonyl (C=O) groups excluding carboxylic acids is 2. The van der Waals surface area contributed by atoms with Crippen LogP contribution in [-0.4, -0.2) is 28.2 Å². The summed E-state index contributed by atoms with van der Waals surface area (Å²) >= 11 is 0. The van der Waals surface area contributed by atoms with Crippen LogP contribution in [0.15, 0.2) is 48.0 Å². The Bertz CT molecular complexity index is 1050. The fourth-order valence-electron chi connectivity index (χ4n) is 4.89. The maximum Gasteiger partial charge on any atom is 0.295 e. The van der Waals surface area contributed by atoms with Gasteiger partial charge in [-0.2, -0.15) is 0 Å². The van der Waals surface area contributed by atoms with E-state index in [0.29, 0.717) is 18.0 Å². The lowest BCUT2D eigenvalue weighted by atomic mass is 9.88. The van der Waals surface area contributed by atoms with E-state index >= 15 is 0 Å². The van der Waals surface area contributed by atoms with Gasteiger partial charge in [0.05, 0.1) is 11.6 Å². The number of Topliss-reactive ketones (excluding diaryl/α,β-unsaturated/α-hetero) is 1. The van der Waals surface area contributed by atoms with E-state index < -0.39 is 17.7 Å². The molecule has 1 heterocycles. The lowest BCUT2D eigenvalue weighted by molar-refractivity contribution is -0.139. The number of hydrogen-bond acceptors (Lipinski definition) is 3. The normalized spacial score (nSPS) is 20.1. The highest BCUT2D eigenvalue weighted by Crippen LogP contribution is 2.40. The molecule has 4 heteroatoms. The van der Waals surface area contributed by atoms with Crippen LogP contribution in [-0.2, 0) is 22.4 Å². The summed E-state index contributed by atoms with van der Waals surface area (Å²) in [7, 11) is 0. The molecule has 168 valence electrons. The molecule has 1 unspecified atom stereocenters. The Hall–Kier alpha value is -2.88. The van der Waals surface area contributed by atoms with Crippen molar-refractivity contribution in [2.24, 2.45) is 0 Å². The molecule has 0 bridgehead atoms. The van der Waals surface area contributed by atoms with Crippen LogP contribution in [0.3, 0.4) is 0 Å². The Morgan fingerprint density at radius 3 is 2.38 bits per heavy atom. The number of hydrogen-bond donors (Lipinski definition) is 1. The minimum Gasteiger partial charge on any atom is -0.507 e. The molecule has 4 nitrogen and oxygen atoms in total. The number of ketones is 1. The van der Waals surface area contributed by atoms with Gasteiger partial charge in [-0.05, 0) is 66.3 Å². The minimum absolute atomic E-state index is 0.0614. The van der Waals surface area contributed by atoms with E-state index in [4.69, 9.17) is 0 Å².